The number of nitrogens with two attached hydrogens (primary N) is 1. The molecule has 0 radical (unpaired) electrons. The molecule has 1 saturated heterocycles. The summed E-state index contributed by atoms with van der Waals surface area (Å²) in [5, 5.41) is 3.33. The van der Waals surface area contributed by atoms with E-state index in [9.17, 15) is 0 Å². The quantitative estimate of drug-likeness (QED) is 0.795. The highest BCUT2D eigenvalue weighted by molar-refractivity contribution is 5.32. The Balaban J connectivity index is 2.00. The van der Waals surface area contributed by atoms with Crippen molar-refractivity contribution < 1.29 is 4.74 Å². The summed E-state index contributed by atoms with van der Waals surface area (Å²) in [5.41, 5.74) is 6.88. The van der Waals surface area contributed by atoms with Gasteiger partial charge in [-0.1, -0.05) is 0 Å². The lowest BCUT2D eigenvalue weighted by Gasteiger charge is -2.22. The summed E-state index contributed by atoms with van der Waals surface area (Å²) in [4.78, 5) is 4.00. The van der Waals surface area contributed by atoms with E-state index in [0.29, 0.717) is 18.0 Å². The van der Waals surface area contributed by atoms with Crippen LogP contribution in [-0.4, -0.2) is 30.8 Å². The van der Waals surface area contributed by atoms with Crippen LogP contribution in [0.25, 0.3) is 0 Å². The van der Waals surface area contributed by atoms with Crippen LogP contribution in [-0.2, 0) is 11.2 Å². The summed E-state index contributed by atoms with van der Waals surface area (Å²) >= 11 is 0. The lowest BCUT2D eigenvalue weighted by Crippen LogP contribution is -2.39. The van der Waals surface area contributed by atoms with Gasteiger partial charge in [-0.15, -0.1) is 0 Å². The number of nitrogens with one attached hydrogen (secondary N) is 1. The molecule has 0 aliphatic carbocycles. The number of aromatic nitrogens is 1. The number of hydrogen-bond acceptors (Lipinski definition) is 4. The lowest BCUT2D eigenvalue weighted by molar-refractivity contribution is 0.0808. The van der Waals surface area contributed by atoms with E-state index in [4.69, 9.17) is 10.5 Å². The molecule has 0 saturated carbocycles. The Kier molecular flexibility index (Phi) is 3.74. The molecule has 0 bridgehead atoms. The van der Waals surface area contributed by atoms with Gasteiger partial charge in [-0.2, -0.15) is 0 Å². The first-order valence-electron chi connectivity index (χ1n) is 5.79. The molecule has 1 fully saturated rings. The fraction of sp³-hybridized carbons (Fsp3) is 0.583. The number of hydrogen-bond donors (Lipinski definition) is 2. The van der Waals surface area contributed by atoms with Crippen molar-refractivity contribution >= 4 is 5.82 Å². The number of rotatable bonds is 4. The van der Waals surface area contributed by atoms with E-state index in [-0.39, 0.29) is 0 Å². The van der Waals surface area contributed by atoms with Gasteiger partial charge in [0.1, 0.15) is 5.82 Å². The zero-order valence-corrected chi connectivity index (χ0v) is 9.65. The highest BCUT2D eigenvalue weighted by atomic mass is 16.5. The molecule has 2 unspecified atom stereocenters. The van der Waals surface area contributed by atoms with E-state index in [1.54, 1.807) is 6.20 Å². The minimum absolute atomic E-state index is 0.333. The number of pyridine rings is 1. The van der Waals surface area contributed by atoms with Crippen LogP contribution in [0.3, 0.4) is 0 Å². The van der Waals surface area contributed by atoms with Gasteiger partial charge in [0.25, 0.3) is 0 Å². The van der Waals surface area contributed by atoms with E-state index >= 15 is 0 Å². The smallest absolute Gasteiger partial charge is 0.123 e. The van der Waals surface area contributed by atoms with Crippen molar-refractivity contribution in [2.75, 3.05) is 19.4 Å². The standard InChI is InChI=1S/C12H19N3O/c1-14-10(11-3-2-6-16-11)7-9-4-5-15-12(13)8-9/h4-5,8,10-11,14H,2-3,6-7H2,1H3,(H2,13,15). The molecule has 4 heteroatoms. The number of anilines is 1. The second kappa shape index (κ2) is 5.27. The monoisotopic (exact) mass is 221 g/mol. The highest BCUT2D eigenvalue weighted by Gasteiger charge is 2.24. The number of nitrogen functional groups attached to an aromatic ring is 1. The van der Waals surface area contributed by atoms with Crippen LogP contribution >= 0.6 is 0 Å². The SMILES string of the molecule is CNC(Cc1ccnc(N)c1)C1CCCO1. The summed E-state index contributed by atoms with van der Waals surface area (Å²) in [7, 11) is 1.98. The number of nitrogens with zero attached hydrogens (tertiary/aromatic N) is 1. The lowest BCUT2D eigenvalue weighted by atomic mass is 10.0. The molecule has 2 rings (SSSR count). The maximum absolute atomic E-state index is 5.70. The van der Waals surface area contributed by atoms with Crippen molar-refractivity contribution in [1.29, 1.82) is 0 Å². The van der Waals surface area contributed by atoms with Gasteiger partial charge in [0, 0.05) is 18.8 Å². The number of ether oxygens (including phenoxy) is 1. The Morgan fingerprint density at radius 2 is 2.56 bits per heavy atom. The van der Waals surface area contributed by atoms with Gasteiger partial charge in [0.05, 0.1) is 6.10 Å². The van der Waals surface area contributed by atoms with E-state index in [2.05, 4.69) is 10.3 Å². The van der Waals surface area contributed by atoms with Gasteiger partial charge in [-0.25, -0.2) is 4.98 Å². The van der Waals surface area contributed by atoms with Crippen molar-refractivity contribution in [3.8, 4) is 0 Å². The third-order valence-corrected chi connectivity index (χ3v) is 3.09. The molecule has 1 aromatic heterocycles. The molecular formula is C12H19N3O. The molecule has 3 N–H and O–H groups in total. The zero-order valence-electron chi connectivity index (χ0n) is 9.65. The van der Waals surface area contributed by atoms with Crippen molar-refractivity contribution in [2.24, 2.45) is 0 Å². The van der Waals surface area contributed by atoms with E-state index < -0.39 is 0 Å². The van der Waals surface area contributed by atoms with E-state index in [1.165, 1.54) is 12.0 Å². The van der Waals surface area contributed by atoms with Crippen molar-refractivity contribution in [1.82, 2.24) is 10.3 Å². The molecule has 0 aromatic carbocycles. The number of likely N-dealkylation sites (N-methyl/N-ethyl adjacent to an activating group) is 1. The van der Waals surface area contributed by atoms with Gasteiger partial charge in [-0.05, 0) is 44.0 Å². The molecule has 1 aliphatic rings. The summed E-state index contributed by atoms with van der Waals surface area (Å²) in [6.07, 6.45) is 5.34. The van der Waals surface area contributed by atoms with E-state index in [0.717, 1.165) is 19.4 Å². The Labute approximate surface area is 96.2 Å². The molecule has 0 spiro atoms. The van der Waals surface area contributed by atoms with Crippen LogP contribution < -0.4 is 11.1 Å². The molecule has 16 heavy (non-hydrogen) atoms. The largest absolute Gasteiger partial charge is 0.384 e. The second-order valence-electron chi connectivity index (χ2n) is 4.24. The predicted octanol–water partition coefficient (Wildman–Crippen LogP) is 0.973. The van der Waals surface area contributed by atoms with Crippen LogP contribution in [0.2, 0.25) is 0 Å². The van der Waals surface area contributed by atoms with Crippen LogP contribution in [0, 0.1) is 0 Å². The van der Waals surface area contributed by atoms with Gasteiger partial charge in [0.2, 0.25) is 0 Å². The molecule has 2 atom stereocenters. The average Bonchev–Trinajstić information content (AvgIpc) is 2.79. The van der Waals surface area contributed by atoms with Gasteiger partial charge < -0.3 is 15.8 Å². The van der Waals surface area contributed by atoms with Crippen LogP contribution in [0.5, 0.6) is 0 Å². The Hall–Kier alpha value is -1.13. The van der Waals surface area contributed by atoms with Crippen LogP contribution in [0.1, 0.15) is 18.4 Å². The fourth-order valence-corrected chi connectivity index (χ4v) is 2.21. The Morgan fingerprint density at radius 1 is 1.69 bits per heavy atom. The summed E-state index contributed by atoms with van der Waals surface area (Å²) in [5.74, 6) is 0.583. The summed E-state index contributed by atoms with van der Waals surface area (Å²) < 4.78 is 5.70. The first kappa shape index (κ1) is 11.4. The molecular weight excluding hydrogens is 202 g/mol. The van der Waals surface area contributed by atoms with Gasteiger partial charge in [-0.3, -0.25) is 0 Å². The first-order chi connectivity index (χ1) is 7.79. The van der Waals surface area contributed by atoms with Crippen molar-refractivity contribution in [3.05, 3.63) is 23.9 Å². The third-order valence-electron chi connectivity index (χ3n) is 3.09. The fourth-order valence-electron chi connectivity index (χ4n) is 2.21. The maximum atomic E-state index is 5.70. The molecule has 0 amide bonds. The Bertz CT molecular complexity index is 337. The van der Waals surface area contributed by atoms with E-state index in [1.807, 2.05) is 19.2 Å². The molecule has 1 aliphatic heterocycles. The molecule has 4 nitrogen and oxygen atoms in total. The van der Waals surface area contributed by atoms with Crippen molar-refractivity contribution in [3.63, 3.8) is 0 Å². The van der Waals surface area contributed by atoms with Gasteiger partial charge in [0.15, 0.2) is 0 Å². The minimum Gasteiger partial charge on any atom is -0.384 e. The summed E-state index contributed by atoms with van der Waals surface area (Å²) in [6, 6.07) is 4.30. The maximum Gasteiger partial charge on any atom is 0.123 e. The zero-order chi connectivity index (χ0) is 11.4. The molecule has 88 valence electrons. The van der Waals surface area contributed by atoms with Crippen molar-refractivity contribution in [2.45, 2.75) is 31.4 Å². The van der Waals surface area contributed by atoms with Gasteiger partial charge >= 0.3 is 0 Å². The second-order valence-corrected chi connectivity index (χ2v) is 4.24. The third kappa shape index (κ3) is 2.71. The average molecular weight is 221 g/mol. The Morgan fingerprint density at radius 3 is 3.19 bits per heavy atom. The van der Waals surface area contributed by atoms with Crippen LogP contribution in [0.4, 0.5) is 5.82 Å². The topological polar surface area (TPSA) is 60.2 Å². The predicted molar refractivity (Wildman–Crippen MR) is 64.2 cm³/mol. The molecule has 2 heterocycles. The highest BCUT2D eigenvalue weighted by Crippen LogP contribution is 2.18. The normalized spacial score (nSPS) is 22.2. The van der Waals surface area contributed by atoms with Crippen LogP contribution in [0.15, 0.2) is 18.3 Å². The summed E-state index contributed by atoms with van der Waals surface area (Å²) in [6.45, 7) is 0.890. The molecule has 1 aromatic rings. The minimum atomic E-state index is 0.333. The first-order valence-corrected chi connectivity index (χ1v) is 5.79.